The molecule has 20 heavy (non-hydrogen) atoms. The van der Waals surface area contributed by atoms with E-state index in [0.29, 0.717) is 10.9 Å². The summed E-state index contributed by atoms with van der Waals surface area (Å²) < 4.78 is 28.3. The van der Waals surface area contributed by atoms with Gasteiger partial charge in [0, 0.05) is 10.4 Å². The first kappa shape index (κ1) is 15.7. The molecular formula is C14H13Cl2F2NS. The molecule has 0 spiro atoms. The van der Waals surface area contributed by atoms with Gasteiger partial charge in [-0.15, -0.1) is 11.3 Å². The van der Waals surface area contributed by atoms with E-state index in [2.05, 4.69) is 5.32 Å². The molecule has 1 aromatic carbocycles. The van der Waals surface area contributed by atoms with Crippen molar-refractivity contribution in [3.05, 3.63) is 55.2 Å². The van der Waals surface area contributed by atoms with Gasteiger partial charge in [0.1, 0.15) is 11.6 Å². The summed E-state index contributed by atoms with van der Waals surface area (Å²) in [5, 5.41) is 2.92. The van der Waals surface area contributed by atoms with E-state index in [9.17, 15) is 8.78 Å². The third-order valence-corrected chi connectivity index (χ3v) is 4.83. The molecule has 0 amide bonds. The molecule has 1 atom stereocenters. The normalized spacial score (nSPS) is 12.7. The Morgan fingerprint density at radius 2 is 1.90 bits per heavy atom. The minimum atomic E-state index is -0.634. The first-order valence-electron chi connectivity index (χ1n) is 6.07. The highest BCUT2D eigenvalue weighted by Crippen LogP contribution is 2.36. The Labute approximate surface area is 130 Å². The first-order valence-corrected chi connectivity index (χ1v) is 7.65. The minimum Gasteiger partial charge on any atom is -0.306 e. The lowest BCUT2D eigenvalue weighted by Gasteiger charge is -2.18. The van der Waals surface area contributed by atoms with E-state index in [0.717, 1.165) is 22.6 Å². The molecule has 0 saturated heterocycles. The molecule has 0 radical (unpaired) electrons. The van der Waals surface area contributed by atoms with Crippen LogP contribution in [0.15, 0.2) is 18.2 Å². The van der Waals surface area contributed by atoms with Gasteiger partial charge in [0.2, 0.25) is 0 Å². The van der Waals surface area contributed by atoms with E-state index >= 15 is 0 Å². The quantitative estimate of drug-likeness (QED) is 0.743. The second-order valence-electron chi connectivity index (χ2n) is 4.38. The SMILES string of the molecule is CCNC(c1cc(C)c(Cl)s1)c1cc(F)c(Cl)cc1F. The molecule has 0 saturated carbocycles. The summed E-state index contributed by atoms with van der Waals surface area (Å²) in [5.41, 5.74) is 1.15. The molecule has 1 N–H and O–H groups in total. The molecule has 0 fully saturated rings. The predicted molar refractivity (Wildman–Crippen MR) is 81.0 cm³/mol. The van der Waals surface area contributed by atoms with E-state index in [-0.39, 0.29) is 10.6 Å². The van der Waals surface area contributed by atoms with Crippen LogP contribution < -0.4 is 5.32 Å². The van der Waals surface area contributed by atoms with Crippen LogP contribution >= 0.6 is 34.5 Å². The third kappa shape index (κ3) is 3.14. The van der Waals surface area contributed by atoms with Crippen LogP contribution in [0, 0.1) is 18.6 Å². The van der Waals surface area contributed by atoms with Crippen LogP contribution in [0.1, 0.15) is 29.0 Å². The molecule has 1 unspecified atom stereocenters. The zero-order valence-electron chi connectivity index (χ0n) is 10.9. The zero-order chi connectivity index (χ0) is 14.9. The van der Waals surface area contributed by atoms with Gasteiger partial charge in [-0.25, -0.2) is 8.78 Å². The summed E-state index contributed by atoms with van der Waals surface area (Å²) in [6, 6.07) is 3.57. The fourth-order valence-electron chi connectivity index (χ4n) is 1.95. The largest absolute Gasteiger partial charge is 0.306 e. The lowest BCUT2D eigenvalue weighted by Crippen LogP contribution is -2.22. The van der Waals surface area contributed by atoms with Gasteiger partial charge in [0.15, 0.2) is 0 Å². The molecule has 1 heterocycles. The second-order valence-corrected chi connectivity index (χ2v) is 6.48. The highest BCUT2D eigenvalue weighted by Gasteiger charge is 2.21. The highest BCUT2D eigenvalue weighted by molar-refractivity contribution is 7.16. The Bertz CT molecular complexity index is 608. The van der Waals surface area contributed by atoms with Gasteiger partial charge in [-0.2, -0.15) is 0 Å². The second kappa shape index (κ2) is 6.39. The summed E-state index contributed by atoms with van der Waals surface area (Å²) in [6.45, 7) is 4.40. The Kier molecular flexibility index (Phi) is 5.02. The lowest BCUT2D eigenvalue weighted by atomic mass is 10.0. The Morgan fingerprint density at radius 3 is 2.45 bits per heavy atom. The van der Waals surface area contributed by atoms with Gasteiger partial charge < -0.3 is 5.32 Å². The molecule has 1 nitrogen and oxygen atoms in total. The molecule has 6 heteroatoms. The maximum Gasteiger partial charge on any atom is 0.142 e. The average molecular weight is 336 g/mol. The van der Waals surface area contributed by atoms with Gasteiger partial charge in [0.25, 0.3) is 0 Å². The van der Waals surface area contributed by atoms with Crippen molar-refractivity contribution in [2.45, 2.75) is 19.9 Å². The van der Waals surface area contributed by atoms with Gasteiger partial charge in [-0.3, -0.25) is 0 Å². The number of hydrogen-bond acceptors (Lipinski definition) is 2. The molecule has 0 aliphatic heterocycles. The van der Waals surface area contributed by atoms with Crippen LogP contribution in [0.3, 0.4) is 0 Å². The lowest BCUT2D eigenvalue weighted by molar-refractivity contribution is 0.548. The van der Waals surface area contributed by atoms with Crippen LogP contribution in [-0.4, -0.2) is 6.54 Å². The summed E-state index contributed by atoms with van der Waals surface area (Å²) in [4.78, 5) is 0.843. The van der Waals surface area contributed by atoms with Gasteiger partial charge >= 0.3 is 0 Å². The smallest absolute Gasteiger partial charge is 0.142 e. The number of benzene rings is 1. The van der Waals surface area contributed by atoms with E-state index in [4.69, 9.17) is 23.2 Å². The Morgan fingerprint density at radius 1 is 1.20 bits per heavy atom. The van der Waals surface area contributed by atoms with Crippen LogP contribution in [0.5, 0.6) is 0 Å². The van der Waals surface area contributed by atoms with E-state index in [1.807, 2.05) is 19.9 Å². The van der Waals surface area contributed by atoms with E-state index in [1.54, 1.807) is 0 Å². The molecular weight excluding hydrogens is 323 g/mol. The van der Waals surface area contributed by atoms with Crippen molar-refractivity contribution in [3.63, 3.8) is 0 Å². The molecule has 0 bridgehead atoms. The third-order valence-electron chi connectivity index (χ3n) is 2.92. The van der Waals surface area contributed by atoms with Crippen molar-refractivity contribution in [1.82, 2.24) is 5.32 Å². The minimum absolute atomic E-state index is 0.220. The van der Waals surface area contributed by atoms with Crippen LogP contribution in [0.4, 0.5) is 8.78 Å². The average Bonchev–Trinajstić information content (AvgIpc) is 2.71. The monoisotopic (exact) mass is 335 g/mol. The maximum atomic E-state index is 14.1. The molecule has 2 rings (SSSR count). The Hall–Kier alpha value is -0.680. The highest BCUT2D eigenvalue weighted by atomic mass is 35.5. The van der Waals surface area contributed by atoms with Gasteiger partial charge in [0.05, 0.1) is 15.4 Å². The number of halogens is 4. The van der Waals surface area contributed by atoms with Crippen molar-refractivity contribution in [2.24, 2.45) is 0 Å². The molecule has 1 aromatic heterocycles. The van der Waals surface area contributed by atoms with Crippen molar-refractivity contribution >= 4 is 34.5 Å². The maximum absolute atomic E-state index is 14.1. The molecule has 0 aliphatic carbocycles. The molecule has 0 aliphatic rings. The summed E-state index contributed by atoms with van der Waals surface area (Å²) in [6.07, 6.45) is 0. The molecule has 2 aromatic rings. The van der Waals surface area contributed by atoms with Crippen molar-refractivity contribution < 1.29 is 8.78 Å². The van der Waals surface area contributed by atoms with Crippen molar-refractivity contribution in [1.29, 1.82) is 0 Å². The van der Waals surface area contributed by atoms with Gasteiger partial charge in [-0.05, 0) is 37.2 Å². The number of thiophene rings is 1. The van der Waals surface area contributed by atoms with Crippen LogP contribution in [0.2, 0.25) is 9.36 Å². The number of hydrogen-bond donors (Lipinski definition) is 1. The topological polar surface area (TPSA) is 12.0 Å². The molecule has 108 valence electrons. The van der Waals surface area contributed by atoms with Crippen LogP contribution in [-0.2, 0) is 0 Å². The van der Waals surface area contributed by atoms with E-state index in [1.165, 1.54) is 11.3 Å². The van der Waals surface area contributed by atoms with Crippen molar-refractivity contribution in [2.75, 3.05) is 6.54 Å². The fourth-order valence-corrected chi connectivity index (χ4v) is 3.42. The first-order chi connectivity index (χ1) is 9.43. The number of rotatable bonds is 4. The summed E-state index contributed by atoms with van der Waals surface area (Å²) >= 11 is 13.0. The summed E-state index contributed by atoms with van der Waals surface area (Å²) in [5.74, 6) is -1.17. The summed E-state index contributed by atoms with van der Waals surface area (Å²) in [7, 11) is 0. The Balaban J connectivity index is 2.50. The fraction of sp³-hybridized carbons (Fsp3) is 0.286. The number of aryl methyl sites for hydroxylation is 1. The standard InChI is InChI=1S/C14H13Cl2F2NS/c1-3-19-13(12-4-7(2)14(16)20-12)8-5-11(18)9(15)6-10(8)17/h4-6,13,19H,3H2,1-2H3. The van der Waals surface area contributed by atoms with Crippen molar-refractivity contribution in [3.8, 4) is 0 Å². The number of nitrogens with one attached hydrogen (secondary N) is 1. The zero-order valence-corrected chi connectivity index (χ0v) is 13.3. The van der Waals surface area contributed by atoms with E-state index < -0.39 is 17.7 Å². The predicted octanol–water partition coefficient (Wildman–Crippen LogP) is 5.34. The van der Waals surface area contributed by atoms with Gasteiger partial charge in [-0.1, -0.05) is 30.1 Å². The van der Waals surface area contributed by atoms with Crippen LogP contribution in [0.25, 0.3) is 0 Å².